The Morgan fingerprint density at radius 2 is 1.83 bits per heavy atom. The third kappa shape index (κ3) is 5.81. The third-order valence-electron chi connectivity index (χ3n) is 6.03. The van der Waals surface area contributed by atoms with E-state index in [1.807, 2.05) is 36.1 Å². The Labute approximate surface area is 178 Å². The fourth-order valence-corrected chi connectivity index (χ4v) is 3.97. The normalized spacial score (nSPS) is 18.0. The molecule has 1 aromatic rings. The number of carbonyl (C=O) groups is 3. The summed E-state index contributed by atoms with van der Waals surface area (Å²) < 4.78 is 5.03. The van der Waals surface area contributed by atoms with Gasteiger partial charge in [-0.15, -0.1) is 0 Å². The van der Waals surface area contributed by atoms with Gasteiger partial charge in [-0.3, -0.25) is 14.4 Å². The van der Waals surface area contributed by atoms with Crippen LogP contribution in [0.5, 0.6) is 0 Å². The molecule has 0 radical (unpaired) electrons. The average Bonchev–Trinajstić information content (AvgIpc) is 3.60. The van der Waals surface area contributed by atoms with Crippen LogP contribution in [0.4, 0.5) is 0 Å². The zero-order valence-electron chi connectivity index (χ0n) is 18.0. The molecule has 1 saturated carbocycles. The van der Waals surface area contributed by atoms with Crippen LogP contribution in [0.3, 0.4) is 0 Å². The predicted molar refractivity (Wildman–Crippen MR) is 114 cm³/mol. The van der Waals surface area contributed by atoms with Crippen LogP contribution in [0.15, 0.2) is 24.3 Å². The van der Waals surface area contributed by atoms with E-state index in [1.165, 1.54) is 0 Å². The topological polar surface area (TPSA) is 87.7 Å². The van der Waals surface area contributed by atoms with Crippen LogP contribution in [0, 0.1) is 18.8 Å². The number of hydrogen-bond acceptors (Lipinski definition) is 4. The van der Waals surface area contributed by atoms with Crippen molar-refractivity contribution in [3.05, 3.63) is 35.4 Å². The molecule has 1 saturated heterocycles. The van der Waals surface area contributed by atoms with Gasteiger partial charge >= 0.3 is 0 Å². The number of rotatable bonds is 9. The first-order chi connectivity index (χ1) is 14.5. The minimum absolute atomic E-state index is 0.0227. The van der Waals surface area contributed by atoms with Crippen molar-refractivity contribution in [1.29, 1.82) is 0 Å². The van der Waals surface area contributed by atoms with E-state index in [-0.39, 0.29) is 29.6 Å². The number of hydrogen-bond donors (Lipinski definition) is 2. The lowest BCUT2D eigenvalue weighted by Gasteiger charge is -2.36. The summed E-state index contributed by atoms with van der Waals surface area (Å²) >= 11 is 0. The van der Waals surface area contributed by atoms with Gasteiger partial charge < -0.3 is 20.3 Å². The highest BCUT2D eigenvalue weighted by molar-refractivity contribution is 5.95. The molecule has 0 bridgehead atoms. The summed E-state index contributed by atoms with van der Waals surface area (Å²) in [6, 6.07) is 7.06. The molecule has 1 heterocycles. The van der Waals surface area contributed by atoms with Gasteiger partial charge in [0.1, 0.15) is 6.04 Å². The van der Waals surface area contributed by atoms with Crippen molar-refractivity contribution in [2.75, 3.05) is 33.4 Å². The van der Waals surface area contributed by atoms with E-state index in [4.69, 9.17) is 4.74 Å². The van der Waals surface area contributed by atoms with Crippen molar-refractivity contribution in [2.45, 2.75) is 45.1 Å². The smallest absolute Gasteiger partial charge is 0.254 e. The van der Waals surface area contributed by atoms with Gasteiger partial charge in [0.05, 0.1) is 0 Å². The molecule has 1 aliphatic heterocycles. The van der Waals surface area contributed by atoms with E-state index in [0.717, 1.165) is 30.4 Å². The number of amides is 3. The van der Waals surface area contributed by atoms with Crippen LogP contribution in [-0.4, -0.2) is 62.0 Å². The molecule has 7 heteroatoms. The maximum Gasteiger partial charge on any atom is 0.254 e. The second-order valence-electron chi connectivity index (χ2n) is 8.34. The Bertz CT molecular complexity index is 755. The van der Waals surface area contributed by atoms with Gasteiger partial charge in [0, 0.05) is 44.8 Å². The Hall–Kier alpha value is -2.41. The van der Waals surface area contributed by atoms with E-state index in [0.29, 0.717) is 39.1 Å². The van der Waals surface area contributed by atoms with Gasteiger partial charge in [0.25, 0.3) is 5.91 Å². The molecule has 7 nitrogen and oxygen atoms in total. The Balaban J connectivity index is 1.59. The fraction of sp³-hybridized carbons (Fsp3) is 0.609. The lowest BCUT2D eigenvalue weighted by Crippen LogP contribution is -2.54. The first kappa shape index (κ1) is 22.3. The third-order valence-corrected chi connectivity index (χ3v) is 6.03. The first-order valence-electron chi connectivity index (χ1n) is 10.9. The quantitative estimate of drug-likeness (QED) is 0.603. The second-order valence-corrected chi connectivity index (χ2v) is 8.34. The Kier molecular flexibility index (Phi) is 7.85. The van der Waals surface area contributed by atoms with E-state index in [2.05, 4.69) is 10.6 Å². The van der Waals surface area contributed by atoms with Gasteiger partial charge in [-0.25, -0.2) is 0 Å². The molecule has 30 heavy (non-hydrogen) atoms. The van der Waals surface area contributed by atoms with Crippen LogP contribution in [0.2, 0.25) is 0 Å². The van der Waals surface area contributed by atoms with E-state index < -0.39 is 6.04 Å². The molecule has 3 amide bonds. The monoisotopic (exact) mass is 415 g/mol. The maximum absolute atomic E-state index is 12.9. The van der Waals surface area contributed by atoms with Crippen molar-refractivity contribution in [2.24, 2.45) is 11.8 Å². The largest absolute Gasteiger partial charge is 0.385 e. The number of piperidine rings is 1. The van der Waals surface area contributed by atoms with Crippen molar-refractivity contribution in [3.8, 4) is 0 Å². The summed E-state index contributed by atoms with van der Waals surface area (Å²) in [7, 11) is 1.63. The summed E-state index contributed by atoms with van der Waals surface area (Å²) in [5.41, 5.74) is 1.69. The summed E-state index contributed by atoms with van der Waals surface area (Å²) in [4.78, 5) is 39.9. The lowest BCUT2D eigenvalue weighted by molar-refractivity contribution is -0.131. The summed E-state index contributed by atoms with van der Waals surface area (Å²) in [6.07, 6.45) is 3.92. The molecule has 0 spiro atoms. The minimum Gasteiger partial charge on any atom is -0.385 e. The number of nitrogens with zero attached hydrogens (tertiary/aromatic N) is 1. The van der Waals surface area contributed by atoms with Crippen molar-refractivity contribution in [3.63, 3.8) is 0 Å². The number of likely N-dealkylation sites (tertiary alicyclic amines) is 1. The number of aryl methyl sites for hydroxylation is 1. The predicted octanol–water partition coefficient (Wildman–Crippen LogP) is 1.89. The molecule has 164 valence electrons. The van der Waals surface area contributed by atoms with E-state index in [9.17, 15) is 14.4 Å². The molecular formula is C23H33N3O4. The Morgan fingerprint density at radius 1 is 1.13 bits per heavy atom. The zero-order chi connectivity index (χ0) is 21.5. The van der Waals surface area contributed by atoms with Gasteiger partial charge in [-0.05, 0) is 56.6 Å². The zero-order valence-corrected chi connectivity index (χ0v) is 18.0. The highest BCUT2D eigenvalue weighted by Crippen LogP contribution is 2.30. The highest BCUT2D eigenvalue weighted by atomic mass is 16.5. The van der Waals surface area contributed by atoms with Crippen LogP contribution < -0.4 is 10.6 Å². The summed E-state index contributed by atoms with van der Waals surface area (Å²) in [5.74, 6) is -0.0454. The van der Waals surface area contributed by atoms with Crippen LogP contribution in [0.25, 0.3) is 0 Å². The molecule has 2 fully saturated rings. The van der Waals surface area contributed by atoms with Crippen molar-refractivity contribution in [1.82, 2.24) is 15.5 Å². The van der Waals surface area contributed by atoms with Crippen LogP contribution in [-0.2, 0) is 14.3 Å². The molecule has 0 aromatic heterocycles. The first-order valence-corrected chi connectivity index (χ1v) is 10.9. The number of methoxy groups -OCH3 is 1. The summed E-state index contributed by atoms with van der Waals surface area (Å²) in [6.45, 7) is 4.22. The molecule has 2 N–H and O–H groups in total. The fourth-order valence-electron chi connectivity index (χ4n) is 3.97. The molecule has 2 aliphatic rings. The second kappa shape index (κ2) is 10.6. The number of carbonyl (C=O) groups excluding carboxylic acids is 3. The van der Waals surface area contributed by atoms with Gasteiger partial charge in [-0.2, -0.15) is 0 Å². The molecule has 1 atom stereocenters. The van der Waals surface area contributed by atoms with Crippen LogP contribution in [0.1, 0.15) is 48.0 Å². The highest BCUT2D eigenvalue weighted by Gasteiger charge is 2.37. The number of ether oxygens (including phenoxy) is 1. The molecule has 1 aromatic carbocycles. The van der Waals surface area contributed by atoms with Gasteiger partial charge in [-0.1, -0.05) is 18.2 Å². The SMILES string of the molecule is COCCCNC(=O)C(NC(=O)C1CC1)C1CCN(C(=O)c2ccccc2C)CC1. The average molecular weight is 416 g/mol. The molecule has 3 rings (SSSR count). The minimum atomic E-state index is -0.545. The van der Waals surface area contributed by atoms with Crippen LogP contribution >= 0.6 is 0 Å². The Morgan fingerprint density at radius 3 is 2.47 bits per heavy atom. The van der Waals surface area contributed by atoms with Crippen molar-refractivity contribution >= 4 is 17.7 Å². The molecule has 1 aliphatic carbocycles. The van der Waals surface area contributed by atoms with E-state index >= 15 is 0 Å². The molecule has 1 unspecified atom stereocenters. The van der Waals surface area contributed by atoms with E-state index in [1.54, 1.807) is 7.11 Å². The standard InChI is InChI=1S/C23H33N3O4/c1-16-6-3-4-7-19(16)23(29)26-13-10-17(11-14-26)20(25-21(27)18-8-9-18)22(28)24-12-5-15-30-2/h3-4,6-7,17-18,20H,5,8-15H2,1-2H3,(H,24,28)(H,25,27). The maximum atomic E-state index is 12.9. The number of nitrogens with one attached hydrogen (secondary N) is 2. The molecular weight excluding hydrogens is 382 g/mol. The van der Waals surface area contributed by atoms with Gasteiger partial charge in [0.2, 0.25) is 11.8 Å². The van der Waals surface area contributed by atoms with Crippen molar-refractivity contribution < 1.29 is 19.1 Å². The number of benzene rings is 1. The summed E-state index contributed by atoms with van der Waals surface area (Å²) in [5, 5.41) is 5.92. The van der Waals surface area contributed by atoms with Gasteiger partial charge in [0.15, 0.2) is 0 Å². The lowest BCUT2D eigenvalue weighted by atomic mass is 9.88.